The number of aryl methyl sites for hydroxylation is 1. The van der Waals surface area contributed by atoms with E-state index in [1.165, 1.54) is 22.9 Å². The van der Waals surface area contributed by atoms with Crippen LogP contribution in [-0.2, 0) is 0 Å². The van der Waals surface area contributed by atoms with Crippen molar-refractivity contribution in [2.75, 3.05) is 13.2 Å². The third-order valence-corrected chi connectivity index (χ3v) is 4.46. The number of nitrogens with one attached hydrogen (secondary N) is 1. The molecule has 3 aromatic rings. The molecule has 1 atom stereocenters. The van der Waals surface area contributed by atoms with Crippen LogP contribution in [0.25, 0.3) is 5.69 Å². The summed E-state index contributed by atoms with van der Waals surface area (Å²) >= 11 is 0. The summed E-state index contributed by atoms with van der Waals surface area (Å²) in [5, 5.41) is 6.72. The summed E-state index contributed by atoms with van der Waals surface area (Å²) < 4.78 is 26.8. The third-order valence-electron chi connectivity index (χ3n) is 4.46. The zero-order chi connectivity index (χ0) is 20.4. The van der Waals surface area contributed by atoms with E-state index in [2.05, 4.69) is 10.4 Å². The molecule has 0 fully saturated rings. The Bertz CT molecular complexity index is 1130. The van der Waals surface area contributed by atoms with Gasteiger partial charge in [-0.15, -0.1) is 0 Å². The van der Waals surface area contributed by atoms with Gasteiger partial charge in [0.2, 0.25) is 5.43 Å². The van der Waals surface area contributed by atoms with E-state index < -0.39 is 23.3 Å². The monoisotopic (exact) mass is 395 g/mol. The minimum Gasteiger partial charge on any atom is -0.486 e. The standard InChI is InChI=1S/C21H18FN3O4/c1-13-10-17(26)20(24-25(13)16-7-3-2-6-15(16)22)21(27)23-11-14-12-28-18-8-4-5-9-19(18)29-14/h2-10,14H,11-12H2,1H3,(H,23,27). The largest absolute Gasteiger partial charge is 0.486 e. The number of carbonyl (C=O) groups excluding carboxylic acids is 1. The van der Waals surface area contributed by atoms with Crippen molar-refractivity contribution in [3.8, 4) is 17.2 Å². The number of halogens is 1. The summed E-state index contributed by atoms with van der Waals surface area (Å²) in [5.41, 5.74) is -0.299. The van der Waals surface area contributed by atoms with Gasteiger partial charge in [0.1, 0.15) is 24.2 Å². The summed E-state index contributed by atoms with van der Waals surface area (Å²) in [6.45, 7) is 2.01. The highest BCUT2D eigenvalue weighted by Gasteiger charge is 2.23. The highest BCUT2D eigenvalue weighted by atomic mass is 19.1. The number of benzene rings is 2. The quantitative estimate of drug-likeness (QED) is 0.733. The summed E-state index contributed by atoms with van der Waals surface area (Å²) in [4.78, 5) is 24.8. The van der Waals surface area contributed by atoms with Crippen molar-refractivity contribution in [3.05, 3.63) is 82.0 Å². The molecule has 1 aromatic heterocycles. The molecule has 4 rings (SSSR count). The second-order valence-corrected chi connectivity index (χ2v) is 6.57. The fourth-order valence-electron chi connectivity index (χ4n) is 3.03. The zero-order valence-corrected chi connectivity index (χ0v) is 15.6. The average molecular weight is 395 g/mol. The Morgan fingerprint density at radius 3 is 2.72 bits per heavy atom. The smallest absolute Gasteiger partial charge is 0.275 e. The van der Waals surface area contributed by atoms with E-state index in [1.807, 2.05) is 12.1 Å². The average Bonchev–Trinajstić information content (AvgIpc) is 2.73. The molecule has 8 heteroatoms. The predicted molar refractivity (Wildman–Crippen MR) is 103 cm³/mol. The van der Waals surface area contributed by atoms with Gasteiger partial charge in [0.25, 0.3) is 5.91 Å². The number of rotatable bonds is 4. The van der Waals surface area contributed by atoms with Crippen LogP contribution in [0.15, 0.2) is 59.4 Å². The Kier molecular flexibility index (Phi) is 4.99. The molecule has 0 aliphatic carbocycles. The maximum Gasteiger partial charge on any atom is 0.275 e. The van der Waals surface area contributed by atoms with Crippen LogP contribution >= 0.6 is 0 Å². The van der Waals surface area contributed by atoms with E-state index in [1.54, 1.807) is 31.2 Å². The number of hydrogen-bond acceptors (Lipinski definition) is 5. The Hall–Kier alpha value is -3.68. The van der Waals surface area contributed by atoms with E-state index in [-0.39, 0.29) is 24.5 Å². The molecule has 1 amide bonds. The van der Waals surface area contributed by atoms with Crippen LogP contribution in [0.5, 0.6) is 11.5 Å². The zero-order valence-electron chi connectivity index (χ0n) is 15.6. The van der Waals surface area contributed by atoms with Crippen LogP contribution in [-0.4, -0.2) is 34.9 Å². The van der Waals surface area contributed by atoms with Crippen molar-refractivity contribution in [2.45, 2.75) is 13.0 Å². The first-order chi connectivity index (χ1) is 14.0. The number of hydrogen-bond donors (Lipinski definition) is 1. The molecular weight excluding hydrogens is 377 g/mol. The van der Waals surface area contributed by atoms with E-state index >= 15 is 0 Å². The number of nitrogens with zero attached hydrogens (tertiary/aromatic N) is 2. The molecular formula is C21H18FN3O4. The Balaban J connectivity index is 1.51. The molecule has 148 valence electrons. The molecule has 1 aliphatic heterocycles. The number of ether oxygens (including phenoxy) is 2. The molecule has 1 N–H and O–H groups in total. The lowest BCUT2D eigenvalue weighted by atomic mass is 10.2. The molecule has 29 heavy (non-hydrogen) atoms. The van der Waals surface area contributed by atoms with Gasteiger partial charge in [-0.25, -0.2) is 9.07 Å². The minimum atomic E-state index is -0.664. The van der Waals surface area contributed by atoms with Crippen LogP contribution in [0, 0.1) is 12.7 Å². The minimum absolute atomic E-state index is 0.127. The van der Waals surface area contributed by atoms with Crippen LogP contribution < -0.4 is 20.2 Å². The molecule has 7 nitrogen and oxygen atoms in total. The van der Waals surface area contributed by atoms with Crippen molar-refractivity contribution in [1.82, 2.24) is 15.1 Å². The van der Waals surface area contributed by atoms with Gasteiger partial charge in [-0.05, 0) is 31.2 Å². The SMILES string of the molecule is Cc1cc(=O)c(C(=O)NCC2COc3ccccc3O2)nn1-c1ccccc1F. The lowest BCUT2D eigenvalue weighted by Gasteiger charge is -2.26. The van der Waals surface area contributed by atoms with Gasteiger partial charge in [-0.2, -0.15) is 5.10 Å². The number of para-hydroxylation sites is 3. The molecule has 2 aromatic carbocycles. The number of fused-ring (bicyclic) bond motifs is 1. The van der Waals surface area contributed by atoms with E-state index in [0.717, 1.165) is 0 Å². The molecule has 0 radical (unpaired) electrons. The predicted octanol–water partition coefficient (Wildman–Crippen LogP) is 2.25. The lowest BCUT2D eigenvalue weighted by Crippen LogP contribution is -2.42. The van der Waals surface area contributed by atoms with Crippen molar-refractivity contribution in [2.24, 2.45) is 0 Å². The van der Waals surface area contributed by atoms with Crippen LogP contribution in [0.1, 0.15) is 16.2 Å². The molecule has 0 bridgehead atoms. The Morgan fingerprint density at radius 2 is 1.93 bits per heavy atom. The topological polar surface area (TPSA) is 82.5 Å². The normalized spacial score (nSPS) is 15.0. The van der Waals surface area contributed by atoms with Crippen molar-refractivity contribution >= 4 is 5.91 Å². The van der Waals surface area contributed by atoms with Crippen molar-refractivity contribution < 1.29 is 18.7 Å². The summed E-state index contributed by atoms with van der Waals surface area (Å²) in [6.07, 6.45) is -0.409. The van der Waals surface area contributed by atoms with Gasteiger partial charge in [0, 0.05) is 11.8 Å². The molecule has 0 saturated heterocycles. The van der Waals surface area contributed by atoms with E-state index in [9.17, 15) is 14.0 Å². The van der Waals surface area contributed by atoms with Gasteiger partial charge >= 0.3 is 0 Å². The van der Waals surface area contributed by atoms with E-state index in [0.29, 0.717) is 17.2 Å². The lowest BCUT2D eigenvalue weighted by molar-refractivity contribution is 0.0784. The maximum absolute atomic E-state index is 14.1. The third kappa shape index (κ3) is 3.82. The Labute approximate surface area is 165 Å². The van der Waals surface area contributed by atoms with Gasteiger partial charge in [-0.3, -0.25) is 9.59 Å². The first-order valence-electron chi connectivity index (χ1n) is 9.05. The maximum atomic E-state index is 14.1. The van der Waals surface area contributed by atoms with Crippen LogP contribution in [0.4, 0.5) is 4.39 Å². The number of amides is 1. The summed E-state index contributed by atoms with van der Waals surface area (Å²) in [6, 6.07) is 14.5. The number of carbonyl (C=O) groups is 1. The molecule has 1 unspecified atom stereocenters. The first kappa shape index (κ1) is 18.7. The van der Waals surface area contributed by atoms with E-state index in [4.69, 9.17) is 9.47 Å². The van der Waals surface area contributed by atoms with Gasteiger partial charge in [0.15, 0.2) is 17.2 Å². The van der Waals surface area contributed by atoms with Crippen molar-refractivity contribution in [1.29, 1.82) is 0 Å². The Morgan fingerprint density at radius 1 is 1.21 bits per heavy atom. The van der Waals surface area contributed by atoms with Gasteiger partial charge < -0.3 is 14.8 Å². The summed E-state index contributed by atoms with van der Waals surface area (Å²) in [5.74, 6) is 0.0588. The van der Waals surface area contributed by atoms with Gasteiger partial charge in [0.05, 0.1) is 6.54 Å². The summed E-state index contributed by atoms with van der Waals surface area (Å²) in [7, 11) is 0. The second-order valence-electron chi connectivity index (χ2n) is 6.57. The molecule has 2 heterocycles. The molecule has 0 spiro atoms. The molecule has 1 aliphatic rings. The van der Waals surface area contributed by atoms with Crippen molar-refractivity contribution in [3.63, 3.8) is 0 Å². The highest BCUT2D eigenvalue weighted by molar-refractivity contribution is 5.92. The first-order valence-corrected chi connectivity index (χ1v) is 9.05. The van der Waals surface area contributed by atoms with Crippen LogP contribution in [0.3, 0.4) is 0 Å². The fraction of sp³-hybridized carbons (Fsp3) is 0.190. The van der Waals surface area contributed by atoms with Gasteiger partial charge in [-0.1, -0.05) is 24.3 Å². The fourth-order valence-corrected chi connectivity index (χ4v) is 3.03. The second kappa shape index (κ2) is 7.75. The number of aromatic nitrogens is 2. The highest BCUT2D eigenvalue weighted by Crippen LogP contribution is 2.30. The van der Waals surface area contributed by atoms with Crippen LogP contribution in [0.2, 0.25) is 0 Å². The molecule has 0 saturated carbocycles.